The molecule has 0 unspecified atom stereocenters. The third-order valence-corrected chi connectivity index (χ3v) is 3.31. The molecule has 1 heterocycles. The number of aryl methyl sites for hydroxylation is 1. The highest BCUT2D eigenvalue weighted by atomic mass is 79.9. The number of hydrogen-bond acceptors (Lipinski definition) is 4. The minimum absolute atomic E-state index is 0.211. The van der Waals surface area contributed by atoms with Crippen LogP contribution < -0.4 is 10.9 Å². The molecule has 6 heteroatoms. The minimum atomic E-state index is -0.211. The van der Waals surface area contributed by atoms with E-state index in [4.69, 9.17) is 0 Å². The fraction of sp³-hybridized carbons (Fsp3) is 0.167. The minimum Gasteiger partial charge on any atom is -0.508 e. The molecule has 0 aliphatic heterocycles. The van der Waals surface area contributed by atoms with Crippen LogP contribution in [0.15, 0.2) is 39.7 Å². The van der Waals surface area contributed by atoms with E-state index >= 15 is 0 Å². The van der Waals surface area contributed by atoms with Crippen LogP contribution in [0.25, 0.3) is 0 Å². The predicted octanol–water partition coefficient (Wildman–Crippen LogP) is 1.86. The maximum atomic E-state index is 11.6. The zero-order chi connectivity index (χ0) is 13.1. The molecule has 0 radical (unpaired) electrons. The molecule has 0 saturated heterocycles. The van der Waals surface area contributed by atoms with Crippen LogP contribution in [0.4, 0.5) is 5.69 Å². The summed E-state index contributed by atoms with van der Waals surface area (Å²) in [5, 5.41) is 16.6. The highest BCUT2D eigenvalue weighted by molar-refractivity contribution is 9.10. The Labute approximate surface area is 112 Å². The van der Waals surface area contributed by atoms with Crippen LogP contribution in [-0.4, -0.2) is 14.9 Å². The van der Waals surface area contributed by atoms with E-state index in [1.54, 1.807) is 25.4 Å². The number of hydrogen-bond donors (Lipinski definition) is 2. The number of aromatic hydroxyl groups is 1. The van der Waals surface area contributed by atoms with Gasteiger partial charge in [-0.1, -0.05) is 18.2 Å². The summed E-state index contributed by atoms with van der Waals surface area (Å²) < 4.78 is 1.67. The van der Waals surface area contributed by atoms with Gasteiger partial charge in [-0.25, -0.2) is 4.68 Å². The zero-order valence-electron chi connectivity index (χ0n) is 9.72. The number of nitrogens with zero attached hydrogens (tertiary/aromatic N) is 2. The highest BCUT2D eigenvalue weighted by Crippen LogP contribution is 2.20. The van der Waals surface area contributed by atoms with Gasteiger partial charge < -0.3 is 10.4 Å². The quantitative estimate of drug-likeness (QED) is 0.908. The Morgan fingerprint density at radius 1 is 1.44 bits per heavy atom. The molecular weight excluding hydrogens is 298 g/mol. The van der Waals surface area contributed by atoms with Gasteiger partial charge in [-0.3, -0.25) is 4.79 Å². The van der Waals surface area contributed by atoms with Crippen LogP contribution >= 0.6 is 15.9 Å². The summed E-state index contributed by atoms with van der Waals surface area (Å²) in [6, 6.07) is 7.03. The summed E-state index contributed by atoms with van der Waals surface area (Å²) in [4.78, 5) is 11.6. The summed E-state index contributed by atoms with van der Waals surface area (Å²) >= 11 is 3.22. The number of phenolic OH excluding ortho intramolecular Hbond substituents is 1. The first-order valence-corrected chi connectivity index (χ1v) is 6.11. The fourth-order valence-corrected chi connectivity index (χ4v) is 1.98. The monoisotopic (exact) mass is 309 g/mol. The molecule has 0 aliphatic rings. The van der Waals surface area contributed by atoms with E-state index in [9.17, 15) is 9.90 Å². The topological polar surface area (TPSA) is 67.2 Å². The first-order chi connectivity index (χ1) is 8.59. The van der Waals surface area contributed by atoms with Crippen molar-refractivity contribution in [2.45, 2.75) is 6.54 Å². The van der Waals surface area contributed by atoms with Crippen LogP contribution in [-0.2, 0) is 13.6 Å². The summed E-state index contributed by atoms with van der Waals surface area (Å²) in [6.07, 6.45) is 1.56. The van der Waals surface area contributed by atoms with E-state index in [-0.39, 0.29) is 11.3 Å². The Bertz CT molecular complexity index is 625. The van der Waals surface area contributed by atoms with Crippen molar-refractivity contribution in [3.8, 4) is 5.75 Å². The van der Waals surface area contributed by atoms with Crippen LogP contribution in [0.1, 0.15) is 5.56 Å². The first kappa shape index (κ1) is 12.6. The standard InChI is InChI=1S/C12H12BrN3O2/c1-16-12(18)11(13)9(7-15-16)14-6-8-4-2-3-5-10(8)17/h2-5,7,14,17H,6H2,1H3. The molecule has 0 bridgehead atoms. The second-order valence-electron chi connectivity index (χ2n) is 3.78. The van der Waals surface area contributed by atoms with Crippen LogP contribution in [0.5, 0.6) is 5.75 Å². The molecule has 18 heavy (non-hydrogen) atoms. The van der Waals surface area contributed by atoms with E-state index in [0.29, 0.717) is 16.7 Å². The Hall–Kier alpha value is -1.82. The zero-order valence-corrected chi connectivity index (χ0v) is 11.3. The third kappa shape index (κ3) is 2.53. The summed E-state index contributed by atoms with van der Waals surface area (Å²) in [5.74, 6) is 0.220. The van der Waals surface area contributed by atoms with Crippen molar-refractivity contribution >= 4 is 21.6 Å². The number of nitrogens with one attached hydrogen (secondary N) is 1. The lowest BCUT2D eigenvalue weighted by Crippen LogP contribution is -2.21. The number of benzene rings is 1. The molecule has 1 aromatic carbocycles. The molecule has 0 spiro atoms. The Kier molecular flexibility index (Phi) is 3.66. The van der Waals surface area contributed by atoms with Gasteiger partial charge in [0.2, 0.25) is 0 Å². The molecule has 0 atom stereocenters. The fourth-order valence-electron chi connectivity index (χ4n) is 1.48. The average Bonchev–Trinajstić information content (AvgIpc) is 2.37. The molecular formula is C12H12BrN3O2. The van der Waals surface area contributed by atoms with Crippen LogP contribution in [0.2, 0.25) is 0 Å². The number of halogens is 1. The van der Waals surface area contributed by atoms with Crippen molar-refractivity contribution < 1.29 is 5.11 Å². The lowest BCUT2D eigenvalue weighted by atomic mass is 10.2. The molecule has 0 aliphatic carbocycles. The number of rotatable bonds is 3. The smallest absolute Gasteiger partial charge is 0.282 e. The second-order valence-corrected chi connectivity index (χ2v) is 4.58. The van der Waals surface area contributed by atoms with Gasteiger partial charge in [0.25, 0.3) is 5.56 Å². The van der Waals surface area contributed by atoms with E-state index in [1.807, 2.05) is 12.1 Å². The predicted molar refractivity (Wildman–Crippen MR) is 72.6 cm³/mol. The van der Waals surface area contributed by atoms with Crippen molar-refractivity contribution in [1.82, 2.24) is 9.78 Å². The molecule has 2 aromatic rings. The first-order valence-electron chi connectivity index (χ1n) is 5.32. The third-order valence-electron chi connectivity index (χ3n) is 2.54. The van der Waals surface area contributed by atoms with Crippen molar-refractivity contribution in [2.24, 2.45) is 7.05 Å². The van der Waals surface area contributed by atoms with Gasteiger partial charge in [-0.05, 0) is 22.0 Å². The maximum Gasteiger partial charge on any atom is 0.282 e. The van der Waals surface area contributed by atoms with Crippen molar-refractivity contribution in [1.29, 1.82) is 0 Å². The average molecular weight is 310 g/mol. The largest absolute Gasteiger partial charge is 0.508 e. The number of para-hydroxylation sites is 1. The number of aromatic nitrogens is 2. The Morgan fingerprint density at radius 3 is 2.89 bits per heavy atom. The van der Waals surface area contributed by atoms with E-state index in [2.05, 4.69) is 26.3 Å². The summed E-state index contributed by atoms with van der Waals surface area (Å²) in [5.41, 5.74) is 1.14. The summed E-state index contributed by atoms with van der Waals surface area (Å²) in [7, 11) is 1.58. The van der Waals surface area contributed by atoms with Crippen LogP contribution in [0, 0.1) is 0 Å². The lowest BCUT2D eigenvalue weighted by molar-refractivity contribution is 0.469. The lowest BCUT2D eigenvalue weighted by Gasteiger charge is -2.09. The molecule has 2 rings (SSSR count). The van der Waals surface area contributed by atoms with Crippen LogP contribution in [0.3, 0.4) is 0 Å². The van der Waals surface area contributed by atoms with E-state index in [0.717, 1.165) is 5.56 Å². The van der Waals surface area contributed by atoms with E-state index in [1.165, 1.54) is 4.68 Å². The molecule has 5 nitrogen and oxygen atoms in total. The second kappa shape index (κ2) is 5.22. The summed E-state index contributed by atoms with van der Waals surface area (Å²) in [6.45, 7) is 0.417. The van der Waals surface area contributed by atoms with Gasteiger partial charge in [0, 0.05) is 19.2 Å². The Morgan fingerprint density at radius 2 is 2.17 bits per heavy atom. The van der Waals surface area contributed by atoms with Gasteiger partial charge in [0.15, 0.2) is 0 Å². The SMILES string of the molecule is Cn1ncc(NCc2ccccc2O)c(Br)c1=O. The van der Waals surface area contributed by atoms with Gasteiger partial charge in [-0.15, -0.1) is 0 Å². The van der Waals surface area contributed by atoms with Crippen molar-refractivity contribution in [2.75, 3.05) is 5.32 Å². The molecule has 1 aromatic heterocycles. The number of anilines is 1. The molecule has 94 valence electrons. The van der Waals surface area contributed by atoms with Gasteiger partial charge >= 0.3 is 0 Å². The highest BCUT2D eigenvalue weighted by Gasteiger charge is 2.07. The maximum absolute atomic E-state index is 11.6. The van der Waals surface area contributed by atoms with Gasteiger partial charge in [0.1, 0.15) is 10.2 Å². The molecule has 2 N–H and O–H groups in total. The van der Waals surface area contributed by atoms with Crippen molar-refractivity contribution in [3.05, 3.63) is 50.9 Å². The number of phenols is 1. The molecule has 0 fully saturated rings. The normalized spacial score (nSPS) is 10.3. The molecule has 0 amide bonds. The van der Waals surface area contributed by atoms with Gasteiger partial charge in [-0.2, -0.15) is 5.10 Å². The van der Waals surface area contributed by atoms with Gasteiger partial charge in [0.05, 0.1) is 11.9 Å². The van der Waals surface area contributed by atoms with E-state index < -0.39 is 0 Å². The molecule has 0 saturated carbocycles. The van der Waals surface area contributed by atoms with Crippen molar-refractivity contribution in [3.63, 3.8) is 0 Å². The Balaban J connectivity index is 2.19.